The van der Waals surface area contributed by atoms with Gasteiger partial charge >= 0.3 is 33.3 Å². The van der Waals surface area contributed by atoms with Crippen molar-refractivity contribution in [3.8, 4) is 0 Å². The number of phosphoric acid groups is 2. The maximum absolute atomic E-state index is 12.9. The Morgan fingerprint density at radius 3 is 1.89 bits per heavy atom. The number of nitrogens with zero attached hydrogens (tertiary/aromatic N) is 2. The molecule has 1 aromatic heterocycles. The molecule has 22 heteroatoms. The molecule has 8 N–H and O–H groups in total. The van der Waals surface area contributed by atoms with Crippen LogP contribution in [-0.4, -0.2) is 108 Å². The second-order valence-corrected chi connectivity index (χ2v) is 21.4. The van der Waals surface area contributed by atoms with E-state index in [1.807, 2.05) is 37.3 Å². The summed E-state index contributed by atoms with van der Waals surface area (Å²) in [5.41, 5.74) is 4.57. The van der Waals surface area contributed by atoms with E-state index in [0.717, 1.165) is 68.6 Å². The molecule has 9 atom stereocenters. The Hall–Kier alpha value is -4.14. The Kier molecular flexibility index (Phi) is 36.7. The minimum Gasteiger partial charge on any atom is -0.462 e. The first kappa shape index (κ1) is 68.0. The molecule has 0 amide bonds. The lowest BCUT2D eigenvalue weighted by Crippen LogP contribution is -2.36. The second-order valence-electron chi connectivity index (χ2n) is 18.4. The lowest BCUT2D eigenvalue weighted by molar-refractivity contribution is -0.161. The van der Waals surface area contributed by atoms with E-state index in [1.54, 1.807) is 42.5 Å². The summed E-state index contributed by atoms with van der Waals surface area (Å²) in [6, 6.07) is 1.24. The number of carbonyl (C=O) groups excluding carboxylic acids is 2. The molecule has 1 aliphatic heterocycles. The Morgan fingerprint density at radius 1 is 0.711 bits per heavy atom. The predicted molar refractivity (Wildman–Crippen MR) is 291 cm³/mol. The van der Waals surface area contributed by atoms with Gasteiger partial charge in [-0.25, -0.2) is 13.9 Å². The average molecular weight is 1110 g/mol. The van der Waals surface area contributed by atoms with E-state index in [0.29, 0.717) is 32.1 Å². The Morgan fingerprint density at radius 2 is 1.28 bits per heavy atom. The van der Waals surface area contributed by atoms with Crippen LogP contribution in [0.2, 0.25) is 0 Å². The summed E-state index contributed by atoms with van der Waals surface area (Å²) in [6.07, 6.45) is 37.3. The molecule has 1 saturated heterocycles. The van der Waals surface area contributed by atoms with E-state index < -0.39 is 95.9 Å². The molecular formula is C54H87N3O17P2. The Labute approximate surface area is 449 Å². The van der Waals surface area contributed by atoms with Crippen LogP contribution in [0.25, 0.3) is 0 Å². The number of aromatic nitrogens is 2. The van der Waals surface area contributed by atoms with E-state index >= 15 is 0 Å². The fourth-order valence-electron chi connectivity index (χ4n) is 7.45. The van der Waals surface area contributed by atoms with Gasteiger partial charge in [-0.2, -0.15) is 9.29 Å². The van der Waals surface area contributed by atoms with Gasteiger partial charge in [0.05, 0.1) is 25.4 Å². The number of esters is 2. The molecule has 430 valence electrons. The summed E-state index contributed by atoms with van der Waals surface area (Å²) in [6.45, 7) is 1.79. The largest absolute Gasteiger partial charge is 0.481 e. The standard InChI is InChI=1S/C54H87N3O17P2/c1-3-5-7-8-9-10-11-12-13-14-15-16-17-18-19-24-32-38-50(61)72-46(41-69-49(60)37-31-23-21-20-22-28-34-45(59)36-30-26-25-29-35-44(58)33-27-6-4-2)42-70-75(65,66)74-76(67,68)71-43-47-51(62)52(63)53(73-47)57-40-39-48(55)56-54(57)64/h6,12-13,21-23,25-30,35-36,39-40,44-47,51-53,58-59,62-63H,3-5,7-11,14-20,24,31-34,37-38,41-43H2,1-2H3,(H,65,66)(H,67,68)(H2,55,56,64). The number of nitrogen functional groups attached to an aromatic ring is 1. The number of nitrogens with two attached hydrogens (primary N) is 1. The number of allylic oxidation sites excluding steroid dienone is 10. The Balaban J connectivity index is 1.84. The van der Waals surface area contributed by atoms with E-state index in [2.05, 4.69) is 28.4 Å². The zero-order valence-electron chi connectivity index (χ0n) is 44.5. The first-order valence-corrected chi connectivity index (χ1v) is 29.8. The normalized spacial score (nSPS) is 20.2. The molecule has 1 aromatic rings. The third-order valence-electron chi connectivity index (χ3n) is 11.6. The smallest absolute Gasteiger partial charge is 0.462 e. The van der Waals surface area contributed by atoms with Crippen molar-refractivity contribution in [3.63, 3.8) is 0 Å². The first-order valence-electron chi connectivity index (χ1n) is 26.8. The average Bonchev–Trinajstić information content (AvgIpc) is 3.65. The highest BCUT2D eigenvalue weighted by atomic mass is 31.3. The minimum atomic E-state index is -5.47. The molecular weight excluding hydrogens is 1020 g/mol. The summed E-state index contributed by atoms with van der Waals surface area (Å²) in [7, 11) is -10.9. The highest BCUT2D eigenvalue weighted by Gasteiger charge is 2.46. The molecule has 76 heavy (non-hydrogen) atoms. The maximum atomic E-state index is 12.9. The van der Waals surface area contributed by atoms with Crippen molar-refractivity contribution in [3.05, 3.63) is 108 Å². The molecule has 0 spiro atoms. The zero-order chi connectivity index (χ0) is 55.9. The third-order valence-corrected chi connectivity index (χ3v) is 14.2. The monoisotopic (exact) mass is 1110 g/mol. The van der Waals surface area contributed by atoms with Crippen molar-refractivity contribution in [1.29, 1.82) is 0 Å². The molecule has 2 heterocycles. The van der Waals surface area contributed by atoms with Crippen molar-refractivity contribution in [2.75, 3.05) is 25.6 Å². The summed E-state index contributed by atoms with van der Waals surface area (Å²) >= 11 is 0. The second kappa shape index (κ2) is 41.0. The number of ether oxygens (including phenoxy) is 3. The molecule has 20 nitrogen and oxygen atoms in total. The number of carbonyl (C=O) groups is 2. The van der Waals surface area contributed by atoms with Crippen molar-refractivity contribution in [1.82, 2.24) is 9.55 Å². The van der Waals surface area contributed by atoms with Gasteiger partial charge in [-0.3, -0.25) is 23.2 Å². The SMILES string of the molecule is CCC=CCC(O)C=CC=CC=CC(O)CC=CCC=CCCC(=O)OCC(COP(=O)(O)OP(=O)(O)OCC1OC(n2ccc(N)nc2=O)C(O)C1O)OC(=O)CCCCCCCCCC=CCCCCCCCC. The summed E-state index contributed by atoms with van der Waals surface area (Å²) < 4.78 is 56.7. The topological polar surface area (TPSA) is 306 Å². The number of hydrogen-bond donors (Lipinski definition) is 7. The van der Waals surface area contributed by atoms with E-state index in [9.17, 15) is 53.7 Å². The van der Waals surface area contributed by atoms with Gasteiger partial charge < -0.3 is 50.2 Å². The minimum absolute atomic E-state index is 0.00322. The van der Waals surface area contributed by atoms with Crippen LogP contribution in [-0.2, 0) is 46.3 Å². The fourth-order valence-corrected chi connectivity index (χ4v) is 9.56. The van der Waals surface area contributed by atoms with Crippen LogP contribution in [0.15, 0.2) is 102 Å². The molecule has 0 saturated carbocycles. The van der Waals surface area contributed by atoms with Gasteiger partial charge in [-0.1, -0.05) is 163 Å². The van der Waals surface area contributed by atoms with Crippen LogP contribution in [0.5, 0.6) is 0 Å². The molecule has 0 bridgehead atoms. The van der Waals surface area contributed by atoms with Crippen molar-refractivity contribution in [2.24, 2.45) is 0 Å². The quantitative estimate of drug-likeness (QED) is 0.0105. The number of hydrogen-bond acceptors (Lipinski definition) is 17. The van der Waals surface area contributed by atoms with Crippen molar-refractivity contribution < 1.29 is 76.5 Å². The van der Waals surface area contributed by atoms with Crippen LogP contribution < -0.4 is 11.4 Å². The highest BCUT2D eigenvalue weighted by molar-refractivity contribution is 7.61. The molecule has 1 aliphatic rings. The fraction of sp³-hybridized carbons (Fsp3) is 0.630. The van der Waals surface area contributed by atoms with Crippen molar-refractivity contribution >= 4 is 33.4 Å². The summed E-state index contributed by atoms with van der Waals surface area (Å²) in [5, 5.41) is 41.0. The van der Waals surface area contributed by atoms with Gasteiger partial charge in [-0.15, -0.1) is 0 Å². The number of rotatable bonds is 43. The third kappa shape index (κ3) is 33.2. The zero-order valence-corrected chi connectivity index (χ0v) is 46.3. The van der Waals surface area contributed by atoms with E-state index in [1.165, 1.54) is 44.6 Å². The molecule has 2 rings (SSSR count). The van der Waals surface area contributed by atoms with Crippen LogP contribution in [0.1, 0.15) is 161 Å². The molecule has 9 unspecified atom stereocenters. The summed E-state index contributed by atoms with van der Waals surface area (Å²) in [4.78, 5) is 62.0. The molecule has 0 radical (unpaired) electrons. The van der Waals surface area contributed by atoms with Gasteiger partial charge in [0.1, 0.15) is 30.7 Å². The molecule has 0 aromatic carbocycles. The molecule has 1 fully saturated rings. The van der Waals surface area contributed by atoms with Gasteiger partial charge in [-0.05, 0) is 70.3 Å². The highest BCUT2D eigenvalue weighted by Crippen LogP contribution is 2.60. The number of anilines is 1. The summed E-state index contributed by atoms with van der Waals surface area (Å²) in [5.74, 6) is -1.48. The number of aliphatic hydroxyl groups excluding tert-OH is 4. The van der Waals surface area contributed by atoms with Gasteiger partial charge in [0.25, 0.3) is 0 Å². The van der Waals surface area contributed by atoms with Crippen LogP contribution in [0.4, 0.5) is 5.82 Å². The van der Waals surface area contributed by atoms with E-state index in [-0.39, 0.29) is 18.7 Å². The van der Waals surface area contributed by atoms with Crippen LogP contribution >= 0.6 is 15.6 Å². The Bertz CT molecular complexity index is 2140. The van der Waals surface area contributed by atoms with Crippen LogP contribution in [0, 0.1) is 0 Å². The first-order chi connectivity index (χ1) is 36.5. The van der Waals surface area contributed by atoms with Crippen molar-refractivity contribution in [2.45, 2.75) is 198 Å². The van der Waals surface area contributed by atoms with Gasteiger partial charge in [0.2, 0.25) is 0 Å². The molecule has 0 aliphatic carbocycles. The number of phosphoric ester groups is 2. The van der Waals surface area contributed by atoms with Gasteiger partial charge in [0, 0.05) is 19.0 Å². The number of unbranched alkanes of at least 4 members (excludes halogenated alkanes) is 13. The van der Waals surface area contributed by atoms with E-state index in [4.69, 9.17) is 29.0 Å². The predicted octanol–water partition coefficient (Wildman–Crippen LogP) is 9.39. The van der Waals surface area contributed by atoms with Gasteiger partial charge in [0.15, 0.2) is 12.3 Å². The lowest BCUT2D eigenvalue weighted by atomic mass is 10.1. The maximum Gasteiger partial charge on any atom is 0.481 e. The van der Waals surface area contributed by atoms with Crippen LogP contribution in [0.3, 0.4) is 0 Å². The number of aliphatic hydroxyl groups is 4. The lowest BCUT2D eigenvalue weighted by Gasteiger charge is -2.21.